The van der Waals surface area contributed by atoms with E-state index in [-0.39, 0.29) is 5.91 Å². The molecule has 88 valence electrons. The highest BCUT2D eigenvalue weighted by Crippen LogP contribution is 2.11. The van der Waals surface area contributed by atoms with Gasteiger partial charge >= 0.3 is 0 Å². The zero-order valence-corrected chi connectivity index (χ0v) is 9.42. The summed E-state index contributed by atoms with van der Waals surface area (Å²) >= 11 is 0. The molecule has 6 nitrogen and oxygen atoms in total. The molecular weight excluding hydrogens is 218 g/mol. The highest BCUT2D eigenvalue weighted by atomic mass is 16.1. The predicted octanol–water partition coefficient (Wildman–Crippen LogP) is 0.0856. The SMILES string of the molecule is CNC(=O)c1cc(-n2ccnc2CN)ccn1. The molecule has 0 aliphatic heterocycles. The van der Waals surface area contributed by atoms with Crippen LogP contribution in [0.2, 0.25) is 0 Å². The van der Waals surface area contributed by atoms with Crippen LogP contribution in [0.15, 0.2) is 30.7 Å². The number of nitrogens with one attached hydrogen (secondary N) is 1. The molecule has 1 amide bonds. The van der Waals surface area contributed by atoms with E-state index in [0.29, 0.717) is 12.2 Å². The molecule has 0 atom stereocenters. The van der Waals surface area contributed by atoms with Gasteiger partial charge in [0.2, 0.25) is 0 Å². The predicted molar refractivity (Wildman–Crippen MR) is 62.6 cm³/mol. The third-order valence-corrected chi connectivity index (χ3v) is 2.38. The van der Waals surface area contributed by atoms with E-state index in [1.165, 1.54) is 0 Å². The number of amides is 1. The Hall–Kier alpha value is -2.21. The molecule has 0 saturated carbocycles. The van der Waals surface area contributed by atoms with E-state index < -0.39 is 0 Å². The number of hydrogen-bond donors (Lipinski definition) is 2. The van der Waals surface area contributed by atoms with Gasteiger partial charge in [-0.25, -0.2) is 4.98 Å². The lowest BCUT2D eigenvalue weighted by Crippen LogP contribution is -2.19. The van der Waals surface area contributed by atoms with Crippen molar-refractivity contribution >= 4 is 5.91 Å². The molecule has 2 heterocycles. The molecule has 0 radical (unpaired) electrons. The normalized spacial score (nSPS) is 10.2. The van der Waals surface area contributed by atoms with Crippen molar-refractivity contribution in [2.45, 2.75) is 6.54 Å². The molecule has 0 aliphatic rings. The molecule has 0 saturated heterocycles. The number of rotatable bonds is 3. The smallest absolute Gasteiger partial charge is 0.269 e. The quantitative estimate of drug-likeness (QED) is 0.783. The van der Waals surface area contributed by atoms with Gasteiger partial charge in [-0.15, -0.1) is 0 Å². The molecule has 2 rings (SSSR count). The average molecular weight is 231 g/mol. The van der Waals surface area contributed by atoms with Gasteiger partial charge in [0, 0.05) is 25.6 Å². The molecule has 0 aliphatic carbocycles. The molecule has 0 unspecified atom stereocenters. The van der Waals surface area contributed by atoms with Crippen molar-refractivity contribution in [3.63, 3.8) is 0 Å². The van der Waals surface area contributed by atoms with Crippen molar-refractivity contribution in [1.29, 1.82) is 0 Å². The Labute approximate surface area is 98.5 Å². The molecular formula is C11H13N5O. The Morgan fingerprint density at radius 2 is 2.29 bits per heavy atom. The molecule has 3 N–H and O–H groups in total. The third kappa shape index (κ3) is 2.16. The lowest BCUT2D eigenvalue weighted by atomic mass is 10.3. The van der Waals surface area contributed by atoms with E-state index in [9.17, 15) is 4.79 Å². The number of pyridine rings is 1. The monoisotopic (exact) mass is 231 g/mol. The van der Waals surface area contributed by atoms with Crippen molar-refractivity contribution in [2.24, 2.45) is 5.73 Å². The standard InChI is InChI=1S/C11H13N5O/c1-13-11(17)9-6-8(2-3-14-9)16-5-4-15-10(16)7-12/h2-6H,7,12H2,1H3,(H,13,17). The second-order valence-corrected chi connectivity index (χ2v) is 3.40. The van der Waals surface area contributed by atoms with E-state index in [1.54, 1.807) is 37.8 Å². The van der Waals surface area contributed by atoms with Gasteiger partial charge in [0.25, 0.3) is 5.91 Å². The van der Waals surface area contributed by atoms with Crippen LogP contribution in [0.3, 0.4) is 0 Å². The first-order valence-electron chi connectivity index (χ1n) is 5.17. The minimum absolute atomic E-state index is 0.221. The summed E-state index contributed by atoms with van der Waals surface area (Å²) < 4.78 is 1.83. The van der Waals surface area contributed by atoms with Crippen molar-refractivity contribution in [1.82, 2.24) is 19.9 Å². The highest BCUT2D eigenvalue weighted by molar-refractivity contribution is 5.92. The number of imidazole rings is 1. The molecule has 2 aromatic heterocycles. The summed E-state index contributed by atoms with van der Waals surface area (Å²) in [5.41, 5.74) is 6.76. The number of nitrogens with two attached hydrogens (primary N) is 1. The average Bonchev–Trinajstić information content (AvgIpc) is 2.86. The van der Waals surface area contributed by atoms with Crippen LogP contribution in [0, 0.1) is 0 Å². The maximum absolute atomic E-state index is 11.5. The van der Waals surface area contributed by atoms with Gasteiger partial charge in [-0.1, -0.05) is 0 Å². The third-order valence-electron chi connectivity index (χ3n) is 2.38. The van der Waals surface area contributed by atoms with Gasteiger partial charge in [-0.2, -0.15) is 0 Å². The first-order chi connectivity index (χ1) is 8.26. The van der Waals surface area contributed by atoms with Gasteiger partial charge in [-0.3, -0.25) is 9.78 Å². The van der Waals surface area contributed by atoms with Crippen LogP contribution in [0.5, 0.6) is 0 Å². The summed E-state index contributed by atoms with van der Waals surface area (Å²) in [5, 5.41) is 2.53. The van der Waals surface area contributed by atoms with Gasteiger partial charge in [0.05, 0.1) is 12.2 Å². The van der Waals surface area contributed by atoms with Crippen LogP contribution < -0.4 is 11.1 Å². The minimum atomic E-state index is -0.221. The number of nitrogens with zero attached hydrogens (tertiary/aromatic N) is 3. The second kappa shape index (κ2) is 4.75. The Morgan fingerprint density at radius 1 is 1.47 bits per heavy atom. The first kappa shape index (κ1) is 11.3. The van der Waals surface area contributed by atoms with E-state index in [4.69, 9.17) is 5.73 Å². The Bertz CT molecular complexity index is 534. The van der Waals surface area contributed by atoms with Crippen molar-refractivity contribution in [3.05, 3.63) is 42.2 Å². The Kier molecular flexibility index (Phi) is 3.15. The van der Waals surface area contributed by atoms with E-state index >= 15 is 0 Å². The first-order valence-corrected chi connectivity index (χ1v) is 5.17. The zero-order valence-electron chi connectivity index (χ0n) is 9.42. The lowest BCUT2D eigenvalue weighted by Gasteiger charge is -2.07. The van der Waals surface area contributed by atoms with Crippen LogP contribution in [0.4, 0.5) is 0 Å². The van der Waals surface area contributed by atoms with Crippen LogP contribution in [0.25, 0.3) is 5.69 Å². The van der Waals surface area contributed by atoms with Crippen molar-refractivity contribution in [3.8, 4) is 5.69 Å². The van der Waals surface area contributed by atoms with Crippen molar-refractivity contribution < 1.29 is 4.79 Å². The van der Waals surface area contributed by atoms with E-state index in [0.717, 1.165) is 11.5 Å². The van der Waals surface area contributed by atoms with Crippen LogP contribution in [0.1, 0.15) is 16.3 Å². The van der Waals surface area contributed by atoms with Gasteiger partial charge in [-0.05, 0) is 12.1 Å². The number of hydrogen-bond acceptors (Lipinski definition) is 4. The van der Waals surface area contributed by atoms with Gasteiger partial charge in [0.15, 0.2) is 0 Å². The number of carbonyl (C=O) groups excluding carboxylic acids is 1. The summed E-state index contributed by atoms with van der Waals surface area (Å²) in [6.45, 7) is 0.338. The number of carbonyl (C=O) groups is 1. The van der Waals surface area contributed by atoms with Crippen LogP contribution >= 0.6 is 0 Å². The van der Waals surface area contributed by atoms with E-state index in [1.807, 2.05) is 4.57 Å². The summed E-state index contributed by atoms with van der Waals surface area (Å²) in [5.74, 6) is 0.514. The molecule has 0 fully saturated rings. The topological polar surface area (TPSA) is 85.8 Å². The summed E-state index contributed by atoms with van der Waals surface area (Å²) in [6, 6.07) is 3.49. The molecule has 0 bridgehead atoms. The molecule has 17 heavy (non-hydrogen) atoms. The Morgan fingerprint density at radius 3 is 3.00 bits per heavy atom. The molecule has 6 heteroatoms. The fourth-order valence-electron chi connectivity index (χ4n) is 1.54. The van der Waals surface area contributed by atoms with Crippen LogP contribution in [-0.4, -0.2) is 27.5 Å². The summed E-state index contributed by atoms with van der Waals surface area (Å²) in [4.78, 5) is 19.6. The van der Waals surface area contributed by atoms with Gasteiger partial charge < -0.3 is 15.6 Å². The van der Waals surface area contributed by atoms with E-state index in [2.05, 4.69) is 15.3 Å². The summed E-state index contributed by atoms with van der Waals surface area (Å²) in [6.07, 6.45) is 5.05. The summed E-state index contributed by atoms with van der Waals surface area (Å²) in [7, 11) is 1.57. The largest absolute Gasteiger partial charge is 0.354 e. The Balaban J connectivity index is 2.43. The van der Waals surface area contributed by atoms with Crippen LogP contribution in [-0.2, 0) is 6.54 Å². The lowest BCUT2D eigenvalue weighted by molar-refractivity contribution is 0.0958. The second-order valence-electron chi connectivity index (χ2n) is 3.40. The minimum Gasteiger partial charge on any atom is -0.354 e. The fourth-order valence-corrected chi connectivity index (χ4v) is 1.54. The molecule has 2 aromatic rings. The maximum Gasteiger partial charge on any atom is 0.269 e. The highest BCUT2D eigenvalue weighted by Gasteiger charge is 2.08. The van der Waals surface area contributed by atoms with Crippen molar-refractivity contribution in [2.75, 3.05) is 7.05 Å². The molecule has 0 aromatic carbocycles. The number of aromatic nitrogens is 3. The van der Waals surface area contributed by atoms with Gasteiger partial charge in [0.1, 0.15) is 11.5 Å². The zero-order chi connectivity index (χ0) is 12.3. The fraction of sp³-hybridized carbons (Fsp3) is 0.182. The molecule has 0 spiro atoms. The maximum atomic E-state index is 11.5.